The molecule has 0 amide bonds. The van der Waals surface area contributed by atoms with Crippen LogP contribution in [0.25, 0.3) is 11.3 Å². The van der Waals surface area contributed by atoms with Crippen molar-refractivity contribution in [3.05, 3.63) is 75.6 Å². The Balaban J connectivity index is 1.83. The van der Waals surface area contributed by atoms with Crippen LogP contribution in [0.3, 0.4) is 0 Å². The first-order chi connectivity index (χ1) is 13.5. The van der Waals surface area contributed by atoms with E-state index in [-0.39, 0.29) is 11.3 Å². The molecule has 0 fully saturated rings. The summed E-state index contributed by atoms with van der Waals surface area (Å²) in [6.45, 7) is 0.416. The Labute approximate surface area is 159 Å². The summed E-state index contributed by atoms with van der Waals surface area (Å²) in [6, 6.07) is 12.1. The molecule has 7 nitrogen and oxygen atoms in total. The van der Waals surface area contributed by atoms with Gasteiger partial charge in [0.1, 0.15) is 11.3 Å². The fourth-order valence-corrected chi connectivity index (χ4v) is 3.84. The number of hydrogen-bond acceptors (Lipinski definition) is 5. The topological polar surface area (TPSA) is 98.0 Å². The van der Waals surface area contributed by atoms with Crippen molar-refractivity contribution >= 4 is 5.97 Å². The summed E-state index contributed by atoms with van der Waals surface area (Å²) in [6.07, 6.45) is 1.19. The molecule has 5 rings (SSSR count). The van der Waals surface area contributed by atoms with Crippen molar-refractivity contribution in [1.82, 2.24) is 4.57 Å². The maximum absolute atomic E-state index is 12.4. The Morgan fingerprint density at radius 2 is 1.96 bits per heavy atom. The summed E-state index contributed by atoms with van der Waals surface area (Å²) in [4.78, 5) is 24.0. The molecular weight excluding hydrogens is 362 g/mol. The van der Waals surface area contributed by atoms with Gasteiger partial charge < -0.3 is 24.3 Å². The van der Waals surface area contributed by atoms with Gasteiger partial charge in [-0.15, -0.1) is 0 Å². The first-order valence-corrected chi connectivity index (χ1v) is 8.77. The summed E-state index contributed by atoms with van der Waals surface area (Å²) in [5.74, 6) is -0.506. The van der Waals surface area contributed by atoms with E-state index in [1.807, 2.05) is 30.3 Å². The van der Waals surface area contributed by atoms with Gasteiger partial charge in [-0.1, -0.05) is 30.3 Å². The number of rotatable bonds is 2. The highest BCUT2D eigenvalue weighted by atomic mass is 16.5. The lowest BCUT2D eigenvalue weighted by Gasteiger charge is -2.32. The standard InChI is InChI=1S/C21H15NO6/c23-15-8-14-18-12-6-7-27-19(12)16(24)9-17(18)28-20(11-4-2-1-3-5-11)22(14)10-13(15)21(25)26/h1-5,8-10,20,24H,6-7H2,(H,25,26). The van der Waals surface area contributed by atoms with Crippen LogP contribution in [0.5, 0.6) is 17.2 Å². The van der Waals surface area contributed by atoms with E-state index in [9.17, 15) is 19.8 Å². The second-order valence-electron chi connectivity index (χ2n) is 6.70. The molecule has 0 bridgehead atoms. The van der Waals surface area contributed by atoms with Gasteiger partial charge in [-0.3, -0.25) is 4.79 Å². The highest BCUT2D eigenvalue weighted by Gasteiger charge is 2.34. The third kappa shape index (κ3) is 2.29. The Bertz CT molecular complexity index is 1180. The third-order valence-corrected chi connectivity index (χ3v) is 5.06. The van der Waals surface area contributed by atoms with Crippen molar-refractivity contribution in [1.29, 1.82) is 0 Å². The van der Waals surface area contributed by atoms with E-state index < -0.39 is 17.6 Å². The second-order valence-corrected chi connectivity index (χ2v) is 6.70. The predicted molar refractivity (Wildman–Crippen MR) is 99.2 cm³/mol. The molecule has 28 heavy (non-hydrogen) atoms. The van der Waals surface area contributed by atoms with E-state index in [4.69, 9.17) is 9.47 Å². The van der Waals surface area contributed by atoms with E-state index in [2.05, 4.69) is 0 Å². The highest BCUT2D eigenvalue weighted by Crippen LogP contribution is 2.50. The summed E-state index contributed by atoms with van der Waals surface area (Å²) in [5.41, 5.74) is 1.80. The summed E-state index contributed by atoms with van der Waals surface area (Å²) in [7, 11) is 0. The van der Waals surface area contributed by atoms with E-state index in [0.717, 1.165) is 11.1 Å². The zero-order valence-corrected chi connectivity index (χ0v) is 14.6. The molecule has 3 aromatic rings. The number of phenolic OH excluding ortho intramolecular Hbond substituents is 1. The van der Waals surface area contributed by atoms with Gasteiger partial charge in [0.2, 0.25) is 6.23 Å². The highest BCUT2D eigenvalue weighted by molar-refractivity contribution is 5.88. The lowest BCUT2D eigenvalue weighted by molar-refractivity contribution is 0.0693. The number of benzene rings is 2. The minimum Gasteiger partial charge on any atom is -0.504 e. The molecule has 1 atom stereocenters. The number of aromatic hydroxyl groups is 1. The van der Waals surface area contributed by atoms with Gasteiger partial charge in [-0.2, -0.15) is 0 Å². The van der Waals surface area contributed by atoms with Gasteiger partial charge in [0.25, 0.3) is 0 Å². The van der Waals surface area contributed by atoms with E-state index >= 15 is 0 Å². The SMILES string of the molecule is O=C(O)c1cn2c(cc1=O)-c1c(cc(O)c3c1CCO3)OC2c1ccccc1. The summed E-state index contributed by atoms with van der Waals surface area (Å²) >= 11 is 0. The third-order valence-electron chi connectivity index (χ3n) is 5.06. The van der Waals surface area contributed by atoms with Crippen molar-refractivity contribution in [3.63, 3.8) is 0 Å². The fourth-order valence-electron chi connectivity index (χ4n) is 3.84. The first-order valence-electron chi connectivity index (χ1n) is 8.77. The van der Waals surface area contributed by atoms with Crippen LogP contribution in [0.2, 0.25) is 0 Å². The van der Waals surface area contributed by atoms with Crippen molar-refractivity contribution in [3.8, 4) is 28.5 Å². The van der Waals surface area contributed by atoms with Crippen molar-refractivity contribution in [2.45, 2.75) is 12.6 Å². The van der Waals surface area contributed by atoms with E-state index in [0.29, 0.717) is 35.8 Å². The van der Waals surface area contributed by atoms with Crippen LogP contribution in [0.1, 0.15) is 27.7 Å². The number of carboxylic acid groups (broad SMARTS) is 1. The zero-order valence-electron chi connectivity index (χ0n) is 14.6. The summed E-state index contributed by atoms with van der Waals surface area (Å²) in [5, 5.41) is 19.7. The lowest BCUT2D eigenvalue weighted by atomic mass is 9.97. The molecule has 2 N–H and O–H groups in total. The Morgan fingerprint density at radius 1 is 1.18 bits per heavy atom. The molecule has 2 aliphatic heterocycles. The number of aromatic nitrogens is 1. The minimum atomic E-state index is -1.29. The molecule has 1 aromatic heterocycles. The normalized spacial score (nSPS) is 16.4. The molecule has 0 saturated heterocycles. The van der Waals surface area contributed by atoms with Gasteiger partial charge in [0, 0.05) is 41.4 Å². The summed E-state index contributed by atoms with van der Waals surface area (Å²) < 4.78 is 13.4. The van der Waals surface area contributed by atoms with Gasteiger partial charge in [0.05, 0.1) is 12.3 Å². The molecule has 0 saturated carbocycles. The predicted octanol–water partition coefficient (Wildman–Crippen LogP) is 2.79. The number of aromatic carboxylic acids is 1. The van der Waals surface area contributed by atoms with Crippen LogP contribution >= 0.6 is 0 Å². The number of nitrogens with zero attached hydrogens (tertiary/aromatic N) is 1. The fraction of sp³-hybridized carbons (Fsp3) is 0.143. The maximum atomic E-state index is 12.4. The zero-order chi connectivity index (χ0) is 19.4. The largest absolute Gasteiger partial charge is 0.504 e. The van der Waals surface area contributed by atoms with E-state index in [1.54, 1.807) is 4.57 Å². The van der Waals surface area contributed by atoms with Crippen LogP contribution in [0.15, 0.2) is 53.5 Å². The average molecular weight is 377 g/mol. The number of pyridine rings is 1. The van der Waals surface area contributed by atoms with Crippen LogP contribution in [-0.4, -0.2) is 27.4 Å². The quantitative estimate of drug-likeness (QED) is 0.713. The van der Waals surface area contributed by atoms with Crippen molar-refractivity contribution in [2.75, 3.05) is 6.61 Å². The van der Waals surface area contributed by atoms with Crippen LogP contribution in [0, 0.1) is 0 Å². The van der Waals surface area contributed by atoms with E-state index in [1.165, 1.54) is 18.3 Å². The number of ether oxygens (including phenoxy) is 2. The molecule has 0 spiro atoms. The average Bonchev–Trinajstić information content (AvgIpc) is 3.17. The molecule has 3 heterocycles. The maximum Gasteiger partial charge on any atom is 0.341 e. The molecule has 7 heteroatoms. The molecule has 0 aliphatic carbocycles. The Morgan fingerprint density at radius 3 is 2.71 bits per heavy atom. The van der Waals surface area contributed by atoms with Gasteiger partial charge in [-0.25, -0.2) is 4.79 Å². The first kappa shape index (κ1) is 16.4. The number of hydrogen-bond donors (Lipinski definition) is 2. The molecule has 140 valence electrons. The second kappa shape index (κ2) is 5.88. The lowest BCUT2D eigenvalue weighted by Crippen LogP contribution is -2.28. The molecular formula is C21H15NO6. The number of carbonyl (C=O) groups is 1. The Hall–Kier alpha value is -3.74. The molecule has 1 unspecified atom stereocenters. The molecule has 2 aliphatic rings. The number of phenols is 1. The van der Waals surface area contributed by atoms with Crippen LogP contribution in [0.4, 0.5) is 0 Å². The smallest absolute Gasteiger partial charge is 0.341 e. The van der Waals surface area contributed by atoms with Crippen molar-refractivity contribution in [2.24, 2.45) is 0 Å². The monoisotopic (exact) mass is 377 g/mol. The minimum absolute atomic E-state index is 0.0176. The van der Waals surface area contributed by atoms with Gasteiger partial charge >= 0.3 is 5.97 Å². The van der Waals surface area contributed by atoms with Crippen molar-refractivity contribution < 1.29 is 24.5 Å². The van der Waals surface area contributed by atoms with Crippen LogP contribution < -0.4 is 14.9 Å². The number of carboxylic acids is 1. The van der Waals surface area contributed by atoms with Gasteiger partial charge in [-0.05, 0) is 0 Å². The van der Waals surface area contributed by atoms with Gasteiger partial charge in [0.15, 0.2) is 16.9 Å². The van der Waals surface area contributed by atoms with Crippen LogP contribution in [-0.2, 0) is 6.42 Å². The Kier molecular flexibility index (Phi) is 3.45. The molecule has 0 radical (unpaired) electrons. The number of fused-ring (bicyclic) bond motifs is 5. The molecule has 2 aromatic carbocycles.